The van der Waals surface area contributed by atoms with Crippen LogP contribution in [-0.4, -0.2) is 17.2 Å². The molecule has 1 saturated carbocycles. The van der Waals surface area contributed by atoms with E-state index in [0.29, 0.717) is 11.8 Å². The van der Waals surface area contributed by atoms with Gasteiger partial charge in [0.25, 0.3) is 0 Å². The van der Waals surface area contributed by atoms with Gasteiger partial charge in [-0.1, -0.05) is 28.1 Å². The van der Waals surface area contributed by atoms with Gasteiger partial charge in [0, 0.05) is 16.1 Å². The number of aliphatic hydroxyl groups excluding tert-OH is 1. The summed E-state index contributed by atoms with van der Waals surface area (Å²) in [5.41, 5.74) is 0.787. The van der Waals surface area contributed by atoms with Crippen molar-refractivity contribution in [2.45, 2.75) is 12.6 Å². The third kappa shape index (κ3) is 1.50. The van der Waals surface area contributed by atoms with E-state index in [4.69, 9.17) is 0 Å². The van der Waals surface area contributed by atoms with Crippen LogP contribution in [0.25, 0.3) is 0 Å². The summed E-state index contributed by atoms with van der Waals surface area (Å²) in [5, 5.41) is 10.5. The molecule has 2 fully saturated rings. The molecule has 0 aromatic heterocycles. The van der Waals surface area contributed by atoms with Crippen LogP contribution in [0, 0.1) is 23.7 Å². The Balaban J connectivity index is 1.72. The van der Waals surface area contributed by atoms with Crippen LogP contribution in [0.1, 0.15) is 6.42 Å². The lowest BCUT2D eigenvalue weighted by Gasteiger charge is -2.25. The molecule has 0 unspecified atom stereocenters. The number of aliphatic hydroxyl groups is 1. The predicted molar refractivity (Wildman–Crippen MR) is 75.4 cm³/mol. The molecular weight excluding hydrogens is 306 g/mol. The van der Waals surface area contributed by atoms with Gasteiger partial charge in [-0.15, -0.1) is 0 Å². The van der Waals surface area contributed by atoms with Crippen molar-refractivity contribution in [1.82, 2.24) is 0 Å². The molecule has 0 radical (unpaired) electrons. The first-order valence-corrected chi connectivity index (χ1v) is 7.41. The molecule has 2 aliphatic carbocycles. The van der Waals surface area contributed by atoms with E-state index >= 15 is 0 Å². The quantitative estimate of drug-likeness (QED) is 0.808. The van der Waals surface area contributed by atoms with E-state index in [9.17, 15) is 9.90 Å². The lowest BCUT2D eigenvalue weighted by Crippen LogP contribution is -2.36. The van der Waals surface area contributed by atoms with Crippen LogP contribution < -0.4 is 4.90 Å². The van der Waals surface area contributed by atoms with E-state index in [1.165, 1.54) is 0 Å². The highest BCUT2D eigenvalue weighted by molar-refractivity contribution is 9.10. The van der Waals surface area contributed by atoms with Gasteiger partial charge in [0.05, 0.1) is 5.92 Å². The normalized spacial score (nSPS) is 39.2. The molecule has 4 rings (SSSR count). The molecule has 1 saturated heterocycles. The van der Waals surface area contributed by atoms with Crippen LogP contribution >= 0.6 is 15.9 Å². The number of fused-ring (bicyclic) bond motifs is 5. The van der Waals surface area contributed by atoms with Crippen molar-refractivity contribution in [3.05, 3.63) is 40.9 Å². The largest absolute Gasteiger partial charge is 0.373 e. The number of hydrogen-bond acceptors (Lipinski definition) is 2. The Morgan fingerprint density at radius 2 is 1.84 bits per heavy atom. The SMILES string of the molecule is O=C1[C@H]2[C@H]([C@@H](O)N1c1ccc(Br)cc1)[C@H]1C=C[C@H]2C1. The topological polar surface area (TPSA) is 40.5 Å². The molecule has 98 valence electrons. The molecule has 1 aromatic rings. The fourth-order valence-electron chi connectivity index (χ4n) is 3.96. The summed E-state index contributed by atoms with van der Waals surface area (Å²) in [6.45, 7) is 0. The molecule has 2 bridgehead atoms. The van der Waals surface area contributed by atoms with Crippen LogP contribution in [-0.2, 0) is 4.79 Å². The van der Waals surface area contributed by atoms with E-state index in [1.807, 2.05) is 24.3 Å². The summed E-state index contributed by atoms with van der Waals surface area (Å²) >= 11 is 3.39. The molecule has 3 nitrogen and oxygen atoms in total. The second kappa shape index (κ2) is 3.93. The summed E-state index contributed by atoms with van der Waals surface area (Å²) in [7, 11) is 0. The number of nitrogens with zero attached hydrogens (tertiary/aromatic N) is 1. The van der Waals surface area contributed by atoms with Gasteiger partial charge in [-0.2, -0.15) is 0 Å². The van der Waals surface area contributed by atoms with Crippen LogP contribution in [0.4, 0.5) is 5.69 Å². The highest BCUT2D eigenvalue weighted by atomic mass is 79.9. The number of amides is 1. The van der Waals surface area contributed by atoms with Crippen LogP contribution in [0.3, 0.4) is 0 Å². The smallest absolute Gasteiger partial charge is 0.233 e. The minimum atomic E-state index is -0.682. The van der Waals surface area contributed by atoms with Crippen LogP contribution in [0.2, 0.25) is 0 Å². The van der Waals surface area contributed by atoms with Gasteiger partial charge in [0.1, 0.15) is 6.23 Å². The van der Waals surface area contributed by atoms with Crippen molar-refractivity contribution < 1.29 is 9.90 Å². The summed E-state index contributed by atoms with van der Waals surface area (Å²) in [6, 6.07) is 7.55. The highest BCUT2D eigenvalue weighted by Crippen LogP contribution is 2.54. The monoisotopic (exact) mass is 319 g/mol. The van der Waals surface area contributed by atoms with Crippen molar-refractivity contribution in [1.29, 1.82) is 0 Å². The van der Waals surface area contributed by atoms with Gasteiger partial charge in [-0.25, -0.2) is 0 Å². The summed E-state index contributed by atoms with van der Waals surface area (Å²) < 4.78 is 0.972. The van der Waals surface area contributed by atoms with Crippen molar-refractivity contribution in [2.75, 3.05) is 4.90 Å². The Morgan fingerprint density at radius 3 is 2.53 bits per heavy atom. The van der Waals surface area contributed by atoms with E-state index in [2.05, 4.69) is 28.1 Å². The van der Waals surface area contributed by atoms with Crippen molar-refractivity contribution >= 4 is 27.5 Å². The lowest BCUT2D eigenvalue weighted by atomic mass is 9.85. The number of carbonyl (C=O) groups is 1. The van der Waals surface area contributed by atoms with E-state index in [1.54, 1.807) is 4.90 Å². The fraction of sp³-hybridized carbons (Fsp3) is 0.400. The van der Waals surface area contributed by atoms with Crippen LogP contribution in [0.15, 0.2) is 40.9 Å². The van der Waals surface area contributed by atoms with Crippen molar-refractivity contribution in [2.24, 2.45) is 23.7 Å². The predicted octanol–water partition coefficient (Wildman–Crippen LogP) is 2.55. The molecule has 19 heavy (non-hydrogen) atoms. The van der Waals surface area contributed by atoms with Gasteiger partial charge < -0.3 is 5.11 Å². The number of anilines is 1. The lowest BCUT2D eigenvalue weighted by molar-refractivity contribution is -0.121. The molecule has 1 aliphatic heterocycles. The maximum atomic E-state index is 12.6. The van der Waals surface area contributed by atoms with Gasteiger partial charge in [-0.05, 0) is 42.5 Å². The molecule has 0 spiro atoms. The third-order valence-electron chi connectivity index (χ3n) is 4.76. The van der Waals surface area contributed by atoms with Crippen LogP contribution in [0.5, 0.6) is 0 Å². The summed E-state index contributed by atoms with van der Waals surface area (Å²) in [6.07, 6.45) is 4.68. The third-order valence-corrected chi connectivity index (χ3v) is 5.29. The first kappa shape index (κ1) is 11.7. The molecule has 1 heterocycles. The fourth-order valence-corrected chi connectivity index (χ4v) is 4.22. The number of allylic oxidation sites excluding steroid dienone is 2. The summed E-state index contributed by atoms with van der Waals surface area (Å²) in [5.74, 6) is 0.837. The first-order valence-electron chi connectivity index (χ1n) is 6.62. The van der Waals surface area contributed by atoms with E-state index < -0.39 is 6.23 Å². The van der Waals surface area contributed by atoms with Crippen molar-refractivity contribution in [3.8, 4) is 0 Å². The first-order chi connectivity index (χ1) is 9.16. The second-order valence-electron chi connectivity index (χ2n) is 5.65. The Bertz CT molecular complexity index is 568. The minimum Gasteiger partial charge on any atom is -0.373 e. The Labute approximate surface area is 120 Å². The molecule has 1 N–H and O–H groups in total. The number of carbonyl (C=O) groups excluding carboxylic acids is 1. The molecule has 3 aliphatic rings. The number of halogens is 1. The highest BCUT2D eigenvalue weighted by Gasteiger charge is 2.59. The van der Waals surface area contributed by atoms with Gasteiger partial charge in [0.2, 0.25) is 5.91 Å². The molecule has 1 amide bonds. The zero-order valence-electron chi connectivity index (χ0n) is 10.2. The Hall–Kier alpha value is -1.13. The number of rotatable bonds is 1. The second-order valence-corrected chi connectivity index (χ2v) is 6.57. The molecular formula is C15H14BrNO2. The van der Waals surface area contributed by atoms with E-state index in [-0.39, 0.29) is 17.7 Å². The maximum Gasteiger partial charge on any atom is 0.233 e. The zero-order valence-corrected chi connectivity index (χ0v) is 11.8. The molecule has 4 heteroatoms. The Morgan fingerprint density at radius 1 is 1.16 bits per heavy atom. The standard InChI is InChI=1S/C15H14BrNO2/c16-10-3-5-11(6-4-10)17-14(18)12-8-1-2-9(7-8)13(12)15(17)19/h1-6,8-9,12-14,18H,7H2/t8-,9-,12+,13+,14+/m0/s1. The maximum absolute atomic E-state index is 12.6. The Kier molecular flexibility index (Phi) is 2.42. The average Bonchev–Trinajstić information content (AvgIpc) is 3.06. The van der Waals surface area contributed by atoms with Gasteiger partial charge in [-0.3, -0.25) is 9.69 Å². The van der Waals surface area contributed by atoms with Crippen molar-refractivity contribution in [3.63, 3.8) is 0 Å². The average molecular weight is 320 g/mol. The zero-order chi connectivity index (χ0) is 13.1. The number of hydrogen-bond donors (Lipinski definition) is 1. The number of benzene rings is 1. The van der Waals surface area contributed by atoms with E-state index in [0.717, 1.165) is 16.6 Å². The minimum absolute atomic E-state index is 0.0198. The molecule has 5 atom stereocenters. The van der Waals surface area contributed by atoms with Gasteiger partial charge >= 0.3 is 0 Å². The van der Waals surface area contributed by atoms with Gasteiger partial charge in [0.15, 0.2) is 0 Å². The molecule has 1 aromatic carbocycles. The summed E-state index contributed by atoms with van der Waals surface area (Å²) in [4.78, 5) is 14.2.